The molecule has 0 aliphatic rings. The van der Waals surface area contributed by atoms with Crippen LogP contribution in [-0.2, 0) is 6.61 Å². The van der Waals surface area contributed by atoms with Crippen LogP contribution in [0.5, 0.6) is 5.75 Å². The van der Waals surface area contributed by atoms with E-state index in [0.29, 0.717) is 11.6 Å². The van der Waals surface area contributed by atoms with Crippen molar-refractivity contribution in [1.29, 1.82) is 0 Å². The molecule has 0 aliphatic heterocycles. The van der Waals surface area contributed by atoms with Gasteiger partial charge in [-0.05, 0) is 36.6 Å². The Morgan fingerprint density at radius 3 is 2.71 bits per heavy atom. The van der Waals surface area contributed by atoms with E-state index in [2.05, 4.69) is 9.97 Å². The fraction of sp³-hybridized carbons (Fsp3) is 0.167. The highest BCUT2D eigenvalue weighted by Crippen LogP contribution is 2.16. The molecule has 5 heteroatoms. The number of benzene rings is 1. The minimum Gasteiger partial charge on any atom is -0.487 e. The quantitative estimate of drug-likeness (QED) is 0.627. The van der Waals surface area contributed by atoms with Crippen LogP contribution >= 0.6 is 23.4 Å². The average Bonchev–Trinajstić information content (AvgIpc) is 2.38. The van der Waals surface area contributed by atoms with Crippen molar-refractivity contribution in [3.05, 3.63) is 47.2 Å². The SMILES string of the molecule is CSc1nccc(COc2ccc(Cl)cc2)n1. The summed E-state index contributed by atoms with van der Waals surface area (Å²) in [6.07, 6.45) is 3.68. The fourth-order valence-electron chi connectivity index (χ4n) is 1.24. The highest BCUT2D eigenvalue weighted by molar-refractivity contribution is 7.98. The third-order valence-corrected chi connectivity index (χ3v) is 2.89. The Kier molecular flexibility index (Phi) is 4.23. The second kappa shape index (κ2) is 5.89. The van der Waals surface area contributed by atoms with Gasteiger partial charge in [-0.2, -0.15) is 0 Å². The lowest BCUT2D eigenvalue weighted by molar-refractivity contribution is 0.300. The van der Waals surface area contributed by atoms with Gasteiger partial charge >= 0.3 is 0 Å². The Balaban J connectivity index is 1.99. The van der Waals surface area contributed by atoms with Crippen molar-refractivity contribution in [3.8, 4) is 5.75 Å². The lowest BCUT2D eigenvalue weighted by Gasteiger charge is -2.06. The van der Waals surface area contributed by atoms with Crippen LogP contribution in [0.1, 0.15) is 5.69 Å². The van der Waals surface area contributed by atoms with Gasteiger partial charge in [-0.25, -0.2) is 9.97 Å². The molecule has 0 amide bonds. The van der Waals surface area contributed by atoms with Crippen molar-refractivity contribution in [1.82, 2.24) is 9.97 Å². The highest BCUT2D eigenvalue weighted by atomic mass is 35.5. The second-order valence-corrected chi connectivity index (χ2v) is 4.49. The average molecular weight is 267 g/mol. The molecule has 88 valence electrons. The molecule has 0 saturated carbocycles. The lowest BCUT2D eigenvalue weighted by atomic mass is 10.3. The summed E-state index contributed by atoms with van der Waals surface area (Å²) < 4.78 is 5.59. The molecule has 0 radical (unpaired) electrons. The molecule has 2 aromatic rings. The molecule has 17 heavy (non-hydrogen) atoms. The largest absolute Gasteiger partial charge is 0.487 e. The predicted molar refractivity (Wildman–Crippen MR) is 69.6 cm³/mol. The third kappa shape index (κ3) is 3.61. The smallest absolute Gasteiger partial charge is 0.187 e. The van der Waals surface area contributed by atoms with E-state index in [1.165, 1.54) is 11.8 Å². The summed E-state index contributed by atoms with van der Waals surface area (Å²) in [6, 6.07) is 9.10. The summed E-state index contributed by atoms with van der Waals surface area (Å²) in [5, 5.41) is 1.45. The van der Waals surface area contributed by atoms with Crippen molar-refractivity contribution in [2.75, 3.05) is 6.26 Å². The van der Waals surface area contributed by atoms with Gasteiger partial charge in [0.15, 0.2) is 5.16 Å². The molecule has 0 bridgehead atoms. The summed E-state index contributed by atoms with van der Waals surface area (Å²) in [7, 11) is 0. The van der Waals surface area contributed by atoms with Gasteiger partial charge in [-0.15, -0.1) is 0 Å². The molecule has 1 aromatic heterocycles. The highest BCUT2D eigenvalue weighted by Gasteiger charge is 1.99. The molecule has 0 atom stereocenters. The molecule has 1 heterocycles. The summed E-state index contributed by atoms with van der Waals surface area (Å²) in [5.41, 5.74) is 0.860. The molecule has 3 nitrogen and oxygen atoms in total. The van der Waals surface area contributed by atoms with Crippen molar-refractivity contribution in [2.24, 2.45) is 0 Å². The fourth-order valence-corrected chi connectivity index (χ4v) is 1.74. The van der Waals surface area contributed by atoms with Crippen LogP contribution in [0.25, 0.3) is 0 Å². The molecule has 1 aromatic carbocycles. The zero-order valence-electron chi connectivity index (χ0n) is 9.26. The summed E-state index contributed by atoms with van der Waals surface area (Å²) >= 11 is 7.30. The van der Waals surface area contributed by atoms with Crippen LogP contribution in [0.2, 0.25) is 5.02 Å². The van der Waals surface area contributed by atoms with Crippen LogP contribution in [-0.4, -0.2) is 16.2 Å². The number of aromatic nitrogens is 2. The second-order valence-electron chi connectivity index (χ2n) is 3.28. The molecule has 0 spiro atoms. The molecule has 0 aliphatic carbocycles. The molecular formula is C12H11ClN2OS. The van der Waals surface area contributed by atoms with Crippen molar-refractivity contribution >= 4 is 23.4 Å². The topological polar surface area (TPSA) is 35.0 Å². The zero-order chi connectivity index (χ0) is 12.1. The minimum absolute atomic E-state index is 0.428. The van der Waals surface area contributed by atoms with Gasteiger partial charge in [0.1, 0.15) is 12.4 Å². The van der Waals surface area contributed by atoms with Crippen LogP contribution < -0.4 is 4.74 Å². The molecule has 0 saturated heterocycles. The monoisotopic (exact) mass is 266 g/mol. The van der Waals surface area contributed by atoms with Gasteiger partial charge in [0.25, 0.3) is 0 Å². The number of nitrogens with zero attached hydrogens (tertiary/aromatic N) is 2. The van der Waals surface area contributed by atoms with Crippen LogP contribution in [0.4, 0.5) is 0 Å². The standard InChI is InChI=1S/C12H11ClN2OS/c1-17-12-14-7-6-10(15-12)8-16-11-4-2-9(13)3-5-11/h2-7H,8H2,1H3. The van der Waals surface area contributed by atoms with E-state index in [1.807, 2.05) is 24.5 Å². The molecule has 0 fully saturated rings. The molecule has 0 N–H and O–H groups in total. The number of hydrogen-bond donors (Lipinski definition) is 0. The maximum Gasteiger partial charge on any atom is 0.187 e. The Labute approximate surface area is 109 Å². The Morgan fingerprint density at radius 1 is 1.24 bits per heavy atom. The van der Waals surface area contributed by atoms with Gasteiger partial charge < -0.3 is 4.74 Å². The van der Waals surface area contributed by atoms with E-state index in [4.69, 9.17) is 16.3 Å². The van der Waals surface area contributed by atoms with E-state index >= 15 is 0 Å². The maximum atomic E-state index is 5.79. The first-order valence-electron chi connectivity index (χ1n) is 5.02. The van der Waals surface area contributed by atoms with Gasteiger partial charge in [-0.1, -0.05) is 23.4 Å². The number of rotatable bonds is 4. The summed E-state index contributed by atoms with van der Waals surface area (Å²) in [4.78, 5) is 8.43. The molecular weight excluding hydrogens is 256 g/mol. The number of hydrogen-bond acceptors (Lipinski definition) is 4. The van der Waals surface area contributed by atoms with Crippen LogP contribution in [0.3, 0.4) is 0 Å². The van der Waals surface area contributed by atoms with E-state index < -0.39 is 0 Å². The van der Waals surface area contributed by atoms with Gasteiger partial charge in [0.05, 0.1) is 5.69 Å². The van der Waals surface area contributed by atoms with E-state index in [0.717, 1.165) is 16.6 Å². The summed E-state index contributed by atoms with van der Waals surface area (Å²) in [6.45, 7) is 0.428. The van der Waals surface area contributed by atoms with Crippen LogP contribution in [0.15, 0.2) is 41.7 Å². The van der Waals surface area contributed by atoms with Crippen LogP contribution in [0, 0.1) is 0 Å². The van der Waals surface area contributed by atoms with E-state index in [-0.39, 0.29) is 0 Å². The zero-order valence-corrected chi connectivity index (χ0v) is 10.8. The Hall–Kier alpha value is -1.26. The first-order chi connectivity index (χ1) is 8.28. The Bertz CT molecular complexity index is 490. The van der Waals surface area contributed by atoms with Crippen molar-refractivity contribution in [3.63, 3.8) is 0 Å². The predicted octanol–water partition coefficient (Wildman–Crippen LogP) is 3.43. The van der Waals surface area contributed by atoms with E-state index in [1.54, 1.807) is 18.3 Å². The van der Waals surface area contributed by atoms with Gasteiger partial charge in [0.2, 0.25) is 0 Å². The maximum absolute atomic E-state index is 5.79. The number of thioether (sulfide) groups is 1. The minimum atomic E-state index is 0.428. The number of halogens is 1. The van der Waals surface area contributed by atoms with Crippen molar-refractivity contribution < 1.29 is 4.74 Å². The first-order valence-corrected chi connectivity index (χ1v) is 6.62. The third-order valence-electron chi connectivity index (χ3n) is 2.07. The van der Waals surface area contributed by atoms with Gasteiger partial charge in [0, 0.05) is 11.2 Å². The normalized spacial score (nSPS) is 10.2. The summed E-state index contributed by atoms with van der Waals surface area (Å²) in [5.74, 6) is 0.777. The Morgan fingerprint density at radius 2 is 2.00 bits per heavy atom. The van der Waals surface area contributed by atoms with Gasteiger partial charge in [-0.3, -0.25) is 0 Å². The first kappa shape index (κ1) is 12.2. The lowest BCUT2D eigenvalue weighted by Crippen LogP contribution is -1.99. The van der Waals surface area contributed by atoms with Crippen molar-refractivity contribution in [2.45, 2.75) is 11.8 Å². The molecule has 2 rings (SSSR count). The van der Waals surface area contributed by atoms with E-state index in [9.17, 15) is 0 Å². The molecule has 0 unspecified atom stereocenters. The number of ether oxygens (including phenoxy) is 1.